The number of hydrogen-bond donors (Lipinski definition) is 2. The van der Waals surface area contributed by atoms with Gasteiger partial charge in [-0.05, 0) is 12.3 Å². The van der Waals surface area contributed by atoms with Crippen LogP contribution in [0.1, 0.15) is 20.3 Å². The first-order valence-corrected chi connectivity index (χ1v) is 7.98. The van der Waals surface area contributed by atoms with Crippen molar-refractivity contribution in [2.45, 2.75) is 32.4 Å². The van der Waals surface area contributed by atoms with Crippen molar-refractivity contribution in [1.29, 1.82) is 0 Å². The highest BCUT2D eigenvalue weighted by atomic mass is 32.2. The fraction of sp³-hybridized carbons (Fsp3) is 0.909. The second kappa shape index (κ2) is 5.99. The molecule has 0 aromatic carbocycles. The standard InChI is InChI=1S/C11H22N2O4S/c1-8(2)10(12)11(15)13(4-5-14)9-3-6-18(16,17)7-9/h8-10,14H,3-7,12H2,1-2H3/t9?,10-/m1/s1. The predicted octanol–water partition coefficient (Wildman–Crippen LogP) is -1.02. The summed E-state index contributed by atoms with van der Waals surface area (Å²) in [5.74, 6) is -0.217. The van der Waals surface area contributed by atoms with E-state index in [9.17, 15) is 13.2 Å². The molecule has 1 heterocycles. The van der Waals surface area contributed by atoms with Gasteiger partial charge in [0.25, 0.3) is 0 Å². The van der Waals surface area contributed by atoms with Crippen LogP contribution in [0, 0.1) is 5.92 Å². The molecule has 0 saturated carbocycles. The molecule has 1 unspecified atom stereocenters. The molecule has 1 saturated heterocycles. The molecule has 0 bridgehead atoms. The summed E-state index contributed by atoms with van der Waals surface area (Å²) in [5.41, 5.74) is 5.80. The van der Waals surface area contributed by atoms with Gasteiger partial charge in [-0.25, -0.2) is 8.42 Å². The summed E-state index contributed by atoms with van der Waals surface area (Å²) in [6, 6.07) is -1.00. The molecule has 1 fully saturated rings. The minimum Gasteiger partial charge on any atom is -0.395 e. The van der Waals surface area contributed by atoms with Crippen LogP contribution < -0.4 is 5.73 Å². The van der Waals surface area contributed by atoms with Crippen LogP contribution in [0.2, 0.25) is 0 Å². The Hall–Kier alpha value is -0.660. The number of hydrogen-bond acceptors (Lipinski definition) is 5. The van der Waals surface area contributed by atoms with Gasteiger partial charge in [-0.2, -0.15) is 0 Å². The number of nitrogens with two attached hydrogens (primary N) is 1. The van der Waals surface area contributed by atoms with E-state index >= 15 is 0 Å². The summed E-state index contributed by atoms with van der Waals surface area (Å²) in [6.45, 7) is 3.63. The zero-order valence-corrected chi connectivity index (χ0v) is 11.7. The normalized spacial score (nSPS) is 24.2. The summed E-state index contributed by atoms with van der Waals surface area (Å²) >= 11 is 0. The Bertz CT molecular complexity index is 394. The first-order chi connectivity index (χ1) is 8.28. The molecule has 1 amide bonds. The first kappa shape index (κ1) is 15.4. The smallest absolute Gasteiger partial charge is 0.240 e. The largest absolute Gasteiger partial charge is 0.395 e. The summed E-state index contributed by atoms with van der Waals surface area (Å²) in [4.78, 5) is 13.6. The van der Waals surface area contributed by atoms with Gasteiger partial charge in [-0.3, -0.25) is 4.79 Å². The second-order valence-corrected chi connectivity index (χ2v) is 7.31. The molecule has 2 atom stereocenters. The maximum absolute atomic E-state index is 12.2. The van der Waals surface area contributed by atoms with Crippen LogP contribution in [0.3, 0.4) is 0 Å². The van der Waals surface area contributed by atoms with Crippen molar-refractivity contribution in [3.8, 4) is 0 Å². The molecule has 0 spiro atoms. The van der Waals surface area contributed by atoms with Gasteiger partial charge in [0.05, 0.1) is 24.2 Å². The number of sulfone groups is 1. The van der Waals surface area contributed by atoms with Crippen LogP contribution in [-0.2, 0) is 14.6 Å². The van der Waals surface area contributed by atoms with E-state index < -0.39 is 15.9 Å². The maximum atomic E-state index is 12.2. The van der Waals surface area contributed by atoms with E-state index in [4.69, 9.17) is 10.8 Å². The highest BCUT2D eigenvalue weighted by molar-refractivity contribution is 7.91. The van der Waals surface area contributed by atoms with Crippen LogP contribution in [0.15, 0.2) is 0 Å². The average Bonchev–Trinajstić information content (AvgIpc) is 2.64. The molecular formula is C11H22N2O4S. The van der Waals surface area contributed by atoms with Crippen molar-refractivity contribution >= 4 is 15.7 Å². The van der Waals surface area contributed by atoms with E-state index in [1.165, 1.54) is 4.90 Å². The number of nitrogens with zero attached hydrogens (tertiary/aromatic N) is 1. The fourth-order valence-corrected chi connectivity index (χ4v) is 3.81. The Morgan fingerprint density at radius 3 is 2.50 bits per heavy atom. The highest BCUT2D eigenvalue weighted by Crippen LogP contribution is 2.19. The topological polar surface area (TPSA) is 101 Å². The zero-order chi connectivity index (χ0) is 13.9. The van der Waals surface area contributed by atoms with Crippen LogP contribution in [0.5, 0.6) is 0 Å². The molecule has 1 aliphatic rings. The van der Waals surface area contributed by atoms with Crippen molar-refractivity contribution in [2.24, 2.45) is 11.7 Å². The van der Waals surface area contributed by atoms with Crippen LogP contribution in [-0.4, -0.2) is 61.1 Å². The van der Waals surface area contributed by atoms with Gasteiger partial charge < -0.3 is 15.7 Å². The van der Waals surface area contributed by atoms with Gasteiger partial charge in [0, 0.05) is 12.6 Å². The Kier molecular flexibility index (Phi) is 5.12. The van der Waals surface area contributed by atoms with Crippen molar-refractivity contribution in [3.05, 3.63) is 0 Å². The van der Waals surface area contributed by atoms with Crippen LogP contribution >= 0.6 is 0 Å². The van der Waals surface area contributed by atoms with E-state index in [0.29, 0.717) is 6.42 Å². The Morgan fingerprint density at radius 1 is 1.50 bits per heavy atom. The number of aliphatic hydroxyl groups is 1. The number of carbonyl (C=O) groups excluding carboxylic acids is 1. The van der Waals surface area contributed by atoms with Crippen LogP contribution in [0.4, 0.5) is 0 Å². The molecule has 0 aromatic heterocycles. The van der Waals surface area contributed by atoms with E-state index in [-0.39, 0.29) is 42.5 Å². The summed E-state index contributed by atoms with van der Waals surface area (Å²) in [6.07, 6.45) is 0.429. The summed E-state index contributed by atoms with van der Waals surface area (Å²) < 4.78 is 22.9. The molecule has 106 valence electrons. The SMILES string of the molecule is CC(C)[C@@H](N)C(=O)N(CCO)C1CCS(=O)(=O)C1. The lowest BCUT2D eigenvalue weighted by molar-refractivity contribution is -0.136. The van der Waals surface area contributed by atoms with Gasteiger partial charge in [0.15, 0.2) is 9.84 Å². The van der Waals surface area contributed by atoms with Gasteiger partial charge in [-0.15, -0.1) is 0 Å². The van der Waals surface area contributed by atoms with Gasteiger partial charge in [-0.1, -0.05) is 13.8 Å². The molecule has 0 radical (unpaired) electrons. The second-order valence-electron chi connectivity index (χ2n) is 5.08. The quantitative estimate of drug-likeness (QED) is 0.670. The Balaban J connectivity index is 2.80. The van der Waals surface area contributed by atoms with E-state index in [0.717, 1.165) is 0 Å². The van der Waals surface area contributed by atoms with Crippen LogP contribution in [0.25, 0.3) is 0 Å². The number of aliphatic hydroxyl groups excluding tert-OH is 1. The molecule has 7 heteroatoms. The molecule has 1 rings (SSSR count). The van der Waals surface area contributed by atoms with Gasteiger partial charge >= 0.3 is 0 Å². The molecule has 18 heavy (non-hydrogen) atoms. The molecule has 0 aromatic rings. The van der Waals surface area contributed by atoms with E-state index in [2.05, 4.69) is 0 Å². The van der Waals surface area contributed by atoms with Gasteiger partial charge in [0.2, 0.25) is 5.91 Å². The molecule has 3 N–H and O–H groups in total. The first-order valence-electron chi connectivity index (χ1n) is 6.16. The lowest BCUT2D eigenvalue weighted by Crippen LogP contribution is -2.52. The lowest BCUT2D eigenvalue weighted by atomic mass is 10.0. The summed E-state index contributed by atoms with van der Waals surface area (Å²) in [5, 5.41) is 9.01. The Morgan fingerprint density at radius 2 is 2.11 bits per heavy atom. The zero-order valence-electron chi connectivity index (χ0n) is 10.9. The third-order valence-corrected chi connectivity index (χ3v) is 5.03. The monoisotopic (exact) mass is 278 g/mol. The molecule has 6 nitrogen and oxygen atoms in total. The lowest BCUT2D eigenvalue weighted by Gasteiger charge is -2.31. The van der Waals surface area contributed by atoms with Crippen molar-refractivity contribution in [3.63, 3.8) is 0 Å². The minimum absolute atomic E-state index is 0.0169. The number of amides is 1. The minimum atomic E-state index is -3.05. The molecular weight excluding hydrogens is 256 g/mol. The molecule has 0 aliphatic carbocycles. The van der Waals surface area contributed by atoms with E-state index in [1.807, 2.05) is 13.8 Å². The maximum Gasteiger partial charge on any atom is 0.240 e. The number of carbonyl (C=O) groups is 1. The average molecular weight is 278 g/mol. The van der Waals surface area contributed by atoms with Crippen molar-refractivity contribution < 1.29 is 18.3 Å². The van der Waals surface area contributed by atoms with Crippen molar-refractivity contribution in [2.75, 3.05) is 24.7 Å². The van der Waals surface area contributed by atoms with Crippen molar-refractivity contribution in [1.82, 2.24) is 4.90 Å². The highest BCUT2D eigenvalue weighted by Gasteiger charge is 2.36. The predicted molar refractivity (Wildman–Crippen MR) is 68.7 cm³/mol. The third-order valence-electron chi connectivity index (χ3n) is 3.28. The van der Waals surface area contributed by atoms with E-state index in [1.54, 1.807) is 0 Å². The fourth-order valence-electron chi connectivity index (χ4n) is 2.08. The summed E-state index contributed by atoms with van der Waals surface area (Å²) in [7, 11) is -3.05. The molecule has 1 aliphatic heterocycles. The Labute approximate surface area is 108 Å². The van der Waals surface area contributed by atoms with Gasteiger partial charge in [0.1, 0.15) is 0 Å². The number of rotatable bonds is 5. The third kappa shape index (κ3) is 3.66.